The van der Waals surface area contributed by atoms with Gasteiger partial charge in [-0.1, -0.05) is 0 Å². The zero-order valence-corrected chi connectivity index (χ0v) is 14.4. The number of aryl methyl sites for hydroxylation is 1. The fourth-order valence-electron chi connectivity index (χ4n) is 2.78. The molecule has 0 aliphatic heterocycles. The summed E-state index contributed by atoms with van der Waals surface area (Å²) in [5, 5.41) is 17.6. The third-order valence-electron chi connectivity index (χ3n) is 4.20. The number of rotatable bonds is 5. The molecule has 7 heteroatoms. The standard InChI is InChI=1S/C18H19N5O2/c1-12-16(11-20-22(2)18(12)24)21-14-8-13(10-19)15-4-5-23(6-7-25-3)17(15)9-14/h4-5,8-9,11,21H,6-7H2,1-3H3. The molecule has 3 aromatic rings. The summed E-state index contributed by atoms with van der Waals surface area (Å²) >= 11 is 0. The van der Waals surface area contributed by atoms with E-state index in [0.717, 1.165) is 16.6 Å². The Labute approximate surface area is 145 Å². The molecule has 7 nitrogen and oxygen atoms in total. The van der Waals surface area contributed by atoms with Gasteiger partial charge in [0.1, 0.15) is 0 Å². The van der Waals surface area contributed by atoms with E-state index in [0.29, 0.717) is 30.0 Å². The molecular formula is C18H19N5O2. The van der Waals surface area contributed by atoms with Crippen LogP contribution in [0.5, 0.6) is 0 Å². The van der Waals surface area contributed by atoms with Crippen LogP contribution in [0.4, 0.5) is 11.4 Å². The van der Waals surface area contributed by atoms with Gasteiger partial charge in [-0.3, -0.25) is 4.79 Å². The molecule has 0 aliphatic rings. The predicted molar refractivity (Wildman–Crippen MR) is 96.0 cm³/mol. The lowest BCUT2D eigenvalue weighted by molar-refractivity contribution is 0.188. The molecule has 0 spiro atoms. The molecule has 1 N–H and O–H groups in total. The first kappa shape index (κ1) is 16.7. The number of hydrogen-bond donors (Lipinski definition) is 1. The van der Waals surface area contributed by atoms with E-state index in [2.05, 4.69) is 16.5 Å². The minimum Gasteiger partial charge on any atom is -0.383 e. The molecule has 0 amide bonds. The predicted octanol–water partition coefficient (Wildman–Crippen LogP) is 2.31. The maximum atomic E-state index is 12.0. The van der Waals surface area contributed by atoms with Gasteiger partial charge in [-0.05, 0) is 25.1 Å². The second-order valence-corrected chi connectivity index (χ2v) is 5.81. The Bertz CT molecular complexity index is 1030. The highest BCUT2D eigenvalue weighted by Gasteiger charge is 2.11. The smallest absolute Gasteiger partial charge is 0.271 e. The minimum atomic E-state index is -0.157. The van der Waals surface area contributed by atoms with E-state index in [-0.39, 0.29) is 5.56 Å². The Hall–Kier alpha value is -3.11. The quantitative estimate of drug-likeness (QED) is 0.772. The maximum absolute atomic E-state index is 12.0. The third-order valence-corrected chi connectivity index (χ3v) is 4.20. The van der Waals surface area contributed by atoms with E-state index >= 15 is 0 Å². The van der Waals surface area contributed by atoms with Gasteiger partial charge in [0.25, 0.3) is 5.56 Å². The van der Waals surface area contributed by atoms with Crippen molar-refractivity contribution in [2.24, 2.45) is 7.05 Å². The van der Waals surface area contributed by atoms with Gasteiger partial charge in [-0.25, -0.2) is 4.68 Å². The van der Waals surface area contributed by atoms with Crippen LogP contribution in [-0.4, -0.2) is 28.1 Å². The van der Waals surface area contributed by atoms with Gasteiger partial charge in [0.15, 0.2) is 0 Å². The van der Waals surface area contributed by atoms with Crippen LogP contribution in [0, 0.1) is 18.3 Å². The Balaban J connectivity index is 2.06. The Kier molecular flexibility index (Phi) is 4.55. The SMILES string of the molecule is COCCn1ccc2c(C#N)cc(Nc3cnn(C)c(=O)c3C)cc21. The fraction of sp³-hybridized carbons (Fsp3) is 0.278. The third kappa shape index (κ3) is 3.12. The number of methoxy groups -OCH3 is 1. The fourth-order valence-corrected chi connectivity index (χ4v) is 2.78. The number of aromatic nitrogens is 3. The summed E-state index contributed by atoms with van der Waals surface area (Å²) in [7, 11) is 3.27. The molecule has 0 radical (unpaired) electrons. The van der Waals surface area contributed by atoms with Gasteiger partial charge in [-0.15, -0.1) is 0 Å². The molecule has 0 aliphatic carbocycles. The number of nitrogens with zero attached hydrogens (tertiary/aromatic N) is 4. The van der Waals surface area contributed by atoms with Gasteiger partial charge >= 0.3 is 0 Å². The first-order valence-electron chi connectivity index (χ1n) is 7.87. The zero-order chi connectivity index (χ0) is 18.0. The van der Waals surface area contributed by atoms with Crippen LogP contribution in [0.2, 0.25) is 0 Å². The van der Waals surface area contributed by atoms with Gasteiger partial charge in [-0.2, -0.15) is 10.4 Å². The van der Waals surface area contributed by atoms with Crippen LogP contribution in [0.1, 0.15) is 11.1 Å². The number of nitriles is 1. The largest absolute Gasteiger partial charge is 0.383 e. The highest BCUT2D eigenvalue weighted by atomic mass is 16.5. The summed E-state index contributed by atoms with van der Waals surface area (Å²) in [6.07, 6.45) is 3.55. The topological polar surface area (TPSA) is 84.9 Å². The van der Waals surface area contributed by atoms with E-state index in [1.165, 1.54) is 4.68 Å². The molecule has 0 fully saturated rings. The maximum Gasteiger partial charge on any atom is 0.271 e. The van der Waals surface area contributed by atoms with E-state index in [1.807, 2.05) is 22.9 Å². The molecule has 3 rings (SSSR count). The summed E-state index contributed by atoms with van der Waals surface area (Å²) < 4.78 is 8.47. The average molecular weight is 337 g/mol. The number of hydrogen-bond acceptors (Lipinski definition) is 5. The first-order chi connectivity index (χ1) is 12.0. The molecule has 0 atom stereocenters. The molecule has 1 aromatic carbocycles. The highest BCUT2D eigenvalue weighted by molar-refractivity contribution is 5.90. The Morgan fingerprint density at radius 1 is 1.40 bits per heavy atom. The van der Waals surface area contributed by atoms with E-state index in [1.54, 1.807) is 33.3 Å². The molecule has 2 aromatic heterocycles. The molecule has 0 unspecified atom stereocenters. The molecular weight excluding hydrogens is 318 g/mol. The van der Waals surface area contributed by atoms with E-state index in [4.69, 9.17) is 4.74 Å². The van der Waals surface area contributed by atoms with E-state index in [9.17, 15) is 10.1 Å². The van der Waals surface area contributed by atoms with Gasteiger partial charge in [0.2, 0.25) is 0 Å². The van der Waals surface area contributed by atoms with Gasteiger partial charge in [0.05, 0.1) is 35.6 Å². The molecule has 2 heterocycles. The molecule has 128 valence electrons. The van der Waals surface area contributed by atoms with Gasteiger partial charge < -0.3 is 14.6 Å². The lowest BCUT2D eigenvalue weighted by atomic mass is 10.1. The Morgan fingerprint density at radius 2 is 2.20 bits per heavy atom. The van der Waals surface area contributed by atoms with Crippen molar-refractivity contribution in [3.63, 3.8) is 0 Å². The summed E-state index contributed by atoms with van der Waals surface area (Å²) in [6, 6.07) is 7.90. The number of fused-ring (bicyclic) bond motifs is 1. The summed E-state index contributed by atoms with van der Waals surface area (Å²) in [5.74, 6) is 0. The van der Waals surface area contributed by atoms with Crippen molar-refractivity contribution in [3.8, 4) is 6.07 Å². The zero-order valence-electron chi connectivity index (χ0n) is 14.4. The van der Waals surface area contributed by atoms with Crippen molar-refractivity contribution in [1.82, 2.24) is 14.3 Å². The summed E-state index contributed by atoms with van der Waals surface area (Å²) in [5.41, 5.74) is 3.29. The van der Waals surface area contributed by atoms with Crippen LogP contribution in [0.15, 0.2) is 35.4 Å². The van der Waals surface area contributed by atoms with Crippen LogP contribution in [-0.2, 0) is 18.3 Å². The monoisotopic (exact) mass is 337 g/mol. The van der Waals surface area contributed by atoms with Crippen LogP contribution in [0.25, 0.3) is 10.9 Å². The van der Waals surface area contributed by atoms with Crippen molar-refractivity contribution in [3.05, 3.63) is 52.1 Å². The molecule has 0 bridgehead atoms. The van der Waals surface area contributed by atoms with Crippen molar-refractivity contribution in [2.75, 3.05) is 19.0 Å². The van der Waals surface area contributed by atoms with Crippen LogP contribution >= 0.6 is 0 Å². The van der Waals surface area contributed by atoms with Crippen molar-refractivity contribution < 1.29 is 4.74 Å². The average Bonchev–Trinajstić information content (AvgIpc) is 3.02. The molecule has 0 saturated heterocycles. The second kappa shape index (κ2) is 6.79. The number of benzene rings is 1. The van der Waals surface area contributed by atoms with Crippen LogP contribution < -0.4 is 10.9 Å². The Morgan fingerprint density at radius 3 is 2.92 bits per heavy atom. The van der Waals surface area contributed by atoms with Crippen molar-refractivity contribution >= 4 is 22.3 Å². The lowest BCUT2D eigenvalue weighted by Crippen LogP contribution is -2.22. The number of nitrogens with one attached hydrogen (secondary N) is 1. The summed E-state index contributed by atoms with van der Waals surface area (Å²) in [6.45, 7) is 3.03. The normalized spacial score (nSPS) is 10.8. The highest BCUT2D eigenvalue weighted by Crippen LogP contribution is 2.27. The van der Waals surface area contributed by atoms with E-state index < -0.39 is 0 Å². The van der Waals surface area contributed by atoms with Crippen LogP contribution in [0.3, 0.4) is 0 Å². The first-order valence-corrected chi connectivity index (χ1v) is 7.87. The second-order valence-electron chi connectivity index (χ2n) is 5.81. The number of anilines is 2. The number of ether oxygens (including phenoxy) is 1. The van der Waals surface area contributed by atoms with Crippen molar-refractivity contribution in [2.45, 2.75) is 13.5 Å². The van der Waals surface area contributed by atoms with Gasteiger partial charge in [0, 0.05) is 43.5 Å². The lowest BCUT2D eigenvalue weighted by Gasteiger charge is -2.12. The minimum absolute atomic E-state index is 0.157. The molecule has 0 saturated carbocycles. The summed E-state index contributed by atoms with van der Waals surface area (Å²) in [4.78, 5) is 12.0. The van der Waals surface area contributed by atoms with Crippen molar-refractivity contribution in [1.29, 1.82) is 5.26 Å². The molecule has 25 heavy (non-hydrogen) atoms.